The van der Waals surface area contributed by atoms with Crippen LogP contribution < -0.4 is 5.32 Å². The maximum atomic E-state index is 12.5. The summed E-state index contributed by atoms with van der Waals surface area (Å²) < 4.78 is 43.3. The van der Waals surface area contributed by atoms with Gasteiger partial charge in [0.2, 0.25) is 0 Å². The molecule has 0 bridgehead atoms. The van der Waals surface area contributed by atoms with Crippen LogP contribution in [0.5, 0.6) is 0 Å². The van der Waals surface area contributed by atoms with Crippen LogP contribution in [-0.2, 0) is 4.74 Å². The average molecular weight is 295 g/mol. The zero-order valence-electron chi connectivity index (χ0n) is 12.6. The van der Waals surface area contributed by atoms with Crippen LogP contribution in [-0.4, -0.2) is 31.5 Å². The Morgan fingerprint density at radius 2 is 1.80 bits per heavy atom. The van der Waals surface area contributed by atoms with Crippen molar-refractivity contribution in [1.82, 2.24) is 5.32 Å². The van der Waals surface area contributed by atoms with E-state index in [0.717, 1.165) is 12.8 Å². The molecule has 0 saturated heterocycles. The monoisotopic (exact) mass is 295 g/mol. The SMILES string of the molecule is CCNC(CCC(F)(F)F)C(OCC)C1CCCCC1. The Morgan fingerprint density at radius 1 is 1.15 bits per heavy atom. The molecule has 0 radical (unpaired) electrons. The van der Waals surface area contributed by atoms with Gasteiger partial charge >= 0.3 is 6.18 Å². The third-order valence-electron chi connectivity index (χ3n) is 4.08. The smallest absolute Gasteiger partial charge is 0.377 e. The van der Waals surface area contributed by atoms with Gasteiger partial charge in [-0.1, -0.05) is 26.2 Å². The van der Waals surface area contributed by atoms with E-state index in [-0.39, 0.29) is 18.6 Å². The minimum atomic E-state index is -4.09. The Bertz CT molecular complexity index is 252. The van der Waals surface area contributed by atoms with Crippen LogP contribution >= 0.6 is 0 Å². The summed E-state index contributed by atoms with van der Waals surface area (Å²) >= 11 is 0. The minimum Gasteiger partial charge on any atom is -0.377 e. The predicted molar refractivity (Wildman–Crippen MR) is 74.7 cm³/mol. The van der Waals surface area contributed by atoms with Gasteiger partial charge in [-0.2, -0.15) is 13.2 Å². The van der Waals surface area contributed by atoms with E-state index in [1.807, 2.05) is 13.8 Å². The maximum absolute atomic E-state index is 12.5. The third-order valence-corrected chi connectivity index (χ3v) is 4.08. The second kappa shape index (κ2) is 8.88. The number of halogens is 3. The number of hydrogen-bond donors (Lipinski definition) is 1. The lowest BCUT2D eigenvalue weighted by atomic mass is 9.81. The number of hydrogen-bond acceptors (Lipinski definition) is 2. The predicted octanol–water partition coefficient (Wildman–Crippen LogP) is 4.29. The molecular weight excluding hydrogens is 267 g/mol. The topological polar surface area (TPSA) is 21.3 Å². The van der Waals surface area contributed by atoms with Gasteiger partial charge in [-0.05, 0) is 38.6 Å². The Morgan fingerprint density at radius 3 is 2.30 bits per heavy atom. The van der Waals surface area contributed by atoms with Crippen molar-refractivity contribution in [1.29, 1.82) is 0 Å². The minimum absolute atomic E-state index is 0.0809. The molecule has 1 aliphatic rings. The molecule has 0 heterocycles. The standard InChI is InChI=1S/C15H28F3NO/c1-3-19-13(10-11-15(16,17)18)14(20-4-2)12-8-6-5-7-9-12/h12-14,19H,3-11H2,1-2H3. The van der Waals surface area contributed by atoms with Crippen molar-refractivity contribution in [3.05, 3.63) is 0 Å². The van der Waals surface area contributed by atoms with Crippen molar-refractivity contribution in [2.45, 2.75) is 77.1 Å². The van der Waals surface area contributed by atoms with E-state index in [9.17, 15) is 13.2 Å². The zero-order chi connectivity index (χ0) is 15.0. The van der Waals surface area contributed by atoms with Crippen molar-refractivity contribution in [2.75, 3.05) is 13.2 Å². The fourth-order valence-electron chi connectivity index (χ4n) is 3.20. The van der Waals surface area contributed by atoms with Crippen LogP contribution in [0.1, 0.15) is 58.8 Å². The Labute approximate surface area is 120 Å². The molecule has 2 nitrogen and oxygen atoms in total. The molecule has 0 aliphatic heterocycles. The Hall–Kier alpha value is -0.290. The number of alkyl halides is 3. The van der Waals surface area contributed by atoms with Gasteiger partial charge in [0.25, 0.3) is 0 Å². The van der Waals surface area contributed by atoms with Crippen LogP contribution in [0.2, 0.25) is 0 Å². The van der Waals surface area contributed by atoms with Crippen molar-refractivity contribution in [3.63, 3.8) is 0 Å². The first-order valence-electron chi connectivity index (χ1n) is 7.89. The molecule has 1 rings (SSSR count). The molecule has 0 spiro atoms. The van der Waals surface area contributed by atoms with Crippen molar-refractivity contribution >= 4 is 0 Å². The second-order valence-electron chi connectivity index (χ2n) is 5.64. The van der Waals surface area contributed by atoms with Gasteiger partial charge in [-0.15, -0.1) is 0 Å². The average Bonchev–Trinajstić information content (AvgIpc) is 2.41. The summed E-state index contributed by atoms with van der Waals surface area (Å²) in [4.78, 5) is 0. The molecule has 2 atom stereocenters. The van der Waals surface area contributed by atoms with Gasteiger partial charge in [-0.3, -0.25) is 0 Å². The number of nitrogens with one attached hydrogen (secondary N) is 1. The normalized spacial score (nSPS) is 20.9. The highest BCUT2D eigenvalue weighted by Gasteiger charge is 2.34. The summed E-state index contributed by atoms with van der Waals surface area (Å²) in [6.07, 6.45) is 0.957. The van der Waals surface area contributed by atoms with Crippen molar-refractivity contribution in [2.24, 2.45) is 5.92 Å². The number of likely N-dealkylation sites (N-methyl/N-ethyl adjacent to an activating group) is 1. The van der Waals surface area contributed by atoms with E-state index in [1.54, 1.807) is 0 Å². The first-order valence-corrected chi connectivity index (χ1v) is 7.89. The van der Waals surface area contributed by atoms with Crippen LogP contribution in [0, 0.1) is 5.92 Å². The van der Waals surface area contributed by atoms with Crippen molar-refractivity contribution < 1.29 is 17.9 Å². The first-order chi connectivity index (χ1) is 9.48. The summed E-state index contributed by atoms with van der Waals surface area (Å²) in [6, 6.07) is -0.190. The molecule has 0 aromatic heterocycles. The summed E-state index contributed by atoms with van der Waals surface area (Å²) in [5, 5.41) is 3.21. The van der Waals surface area contributed by atoms with E-state index in [4.69, 9.17) is 4.74 Å². The van der Waals surface area contributed by atoms with Gasteiger partial charge in [0.1, 0.15) is 0 Å². The molecule has 1 N–H and O–H groups in total. The largest absolute Gasteiger partial charge is 0.389 e. The molecule has 0 aromatic carbocycles. The summed E-state index contributed by atoms with van der Waals surface area (Å²) in [6.45, 7) is 5.10. The summed E-state index contributed by atoms with van der Waals surface area (Å²) in [5.74, 6) is 0.404. The van der Waals surface area contributed by atoms with Crippen molar-refractivity contribution in [3.8, 4) is 0 Å². The molecule has 0 aromatic rings. The lowest BCUT2D eigenvalue weighted by molar-refractivity contribution is -0.139. The Balaban J connectivity index is 2.65. The zero-order valence-corrected chi connectivity index (χ0v) is 12.6. The van der Waals surface area contributed by atoms with Crippen LogP contribution in [0.25, 0.3) is 0 Å². The van der Waals surface area contributed by atoms with Gasteiger partial charge in [0.15, 0.2) is 0 Å². The van der Waals surface area contributed by atoms with Gasteiger partial charge in [0.05, 0.1) is 6.10 Å². The number of ether oxygens (including phenoxy) is 1. The fraction of sp³-hybridized carbons (Fsp3) is 1.00. The van der Waals surface area contributed by atoms with Crippen LogP contribution in [0.3, 0.4) is 0 Å². The van der Waals surface area contributed by atoms with E-state index >= 15 is 0 Å². The van der Waals surface area contributed by atoms with Gasteiger partial charge in [-0.25, -0.2) is 0 Å². The molecule has 0 amide bonds. The summed E-state index contributed by atoms with van der Waals surface area (Å²) in [5.41, 5.74) is 0. The lowest BCUT2D eigenvalue weighted by Crippen LogP contribution is -2.46. The maximum Gasteiger partial charge on any atom is 0.389 e. The Kier molecular flexibility index (Phi) is 7.88. The highest BCUT2D eigenvalue weighted by atomic mass is 19.4. The number of rotatable bonds is 8. The molecule has 2 unspecified atom stereocenters. The first kappa shape index (κ1) is 17.8. The van der Waals surface area contributed by atoms with E-state index in [2.05, 4.69) is 5.32 Å². The van der Waals surface area contributed by atoms with Crippen LogP contribution in [0.4, 0.5) is 13.2 Å². The lowest BCUT2D eigenvalue weighted by Gasteiger charge is -2.36. The van der Waals surface area contributed by atoms with Gasteiger partial charge in [0, 0.05) is 19.1 Å². The van der Waals surface area contributed by atoms with E-state index in [1.165, 1.54) is 19.3 Å². The van der Waals surface area contributed by atoms with Crippen LogP contribution in [0.15, 0.2) is 0 Å². The van der Waals surface area contributed by atoms with E-state index < -0.39 is 12.6 Å². The molecular formula is C15H28F3NO. The highest BCUT2D eigenvalue weighted by Crippen LogP contribution is 2.32. The highest BCUT2D eigenvalue weighted by molar-refractivity contribution is 4.85. The van der Waals surface area contributed by atoms with E-state index in [0.29, 0.717) is 19.1 Å². The quantitative estimate of drug-likeness (QED) is 0.721. The molecule has 1 fully saturated rings. The third kappa shape index (κ3) is 6.44. The molecule has 5 heteroatoms. The molecule has 1 saturated carbocycles. The van der Waals surface area contributed by atoms with Gasteiger partial charge < -0.3 is 10.1 Å². The summed E-state index contributed by atoms with van der Waals surface area (Å²) in [7, 11) is 0. The fourth-order valence-corrected chi connectivity index (χ4v) is 3.20. The molecule has 1 aliphatic carbocycles. The second-order valence-corrected chi connectivity index (χ2v) is 5.64. The molecule has 20 heavy (non-hydrogen) atoms. The molecule has 120 valence electrons.